The largest absolute Gasteiger partial charge is 0.325 e. The van der Waals surface area contributed by atoms with Gasteiger partial charge in [-0.3, -0.25) is 9.20 Å². The van der Waals surface area contributed by atoms with Gasteiger partial charge < -0.3 is 10.2 Å². The first-order valence-electron chi connectivity index (χ1n) is 6.73. The normalized spacial score (nSPS) is 19.6. The summed E-state index contributed by atoms with van der Waals surface area (Å²) in [6.45, 7) is 2.10. The van der Waals surface area contributed by atoms with Crippen molar-refractivity contribution >= 4 is 33.2 Å². The molecule has 3 heterocycles. The Kier molecular flexibility index (Phi) is 3.76. The summed E-state index contributed by atoms with van der Waals surface area (Å²) in [6.07, 6.45) is 5.32. The van der Waals surface area contributed by atoms with Crippen molar-refractivity contribution in [1.82, 2.24) is 14.3 Å². The molecular formula is C14H17BrN4O. The SMILES string of the molecule is CN1CCC(CC(=O)Nc2ccc3ncc(Br)n3c2)C1. The number of fused-ring (bicyclic) bond motifs is 1. The molecule has 1 N–H and O–H groups in total. The van der Waals surface area contributed by atoms with E-state index in [2.05, 4.69) is 38.2 Å². The average molecular weight is 337 g/mol. The summed E-state index contributed by atoms with van der Waals surface area (Å²) in [4.78, 5) is 18.6. The molecule has 1 saturated heterocycles. The van der Waals surface area contributed by atoms with Crippen LogP contribution in [0.2, 0.25) is 0 Å². The number of nitrogens with one attached hydrogen (secondary N) is 1. The number of pyridine rings is 1. The minimum absolute atomic E-state index is 0.0842. The minimum atomic E-state index is 0.0842. The van der Waals surface area contributed by atoms with Crippen LogP contribution in [-0.2, 0) is 4.79 Å². The van der Waals surface area contributed by atoms with Crippen molar-refractivity contribution in [2.75, 3.05) is 25.5 Å². The fraction of sp³-hybridized carbons (Fsp3) is 0.429. The molecule has 0 radical (unpaired) electrons. The molecule has 0 spiro atoms. The van der Waals surface area contributed by atoms with E-state index in [9.17, 15) is 4.79 Å². The van der Waals surface area contributed by atoms with E-state index in [1.54, 1.807) is 6.20 Å². The van der Waals surface area contributed by atoms with Crippen molar-refractivity contribution in [2.24, 2.45) is 5.92 Å². The first-order chi connectivity index (χ1) is 9.61. The lowest BCUT2D eigenvalue weighted by atomic mass is 10.0. The van der Waals surface area contributed by atoms with Gasteiger partial charge in [0.05, 0.1) is 11.9 Å². The fourth-order valence-corrected chi connectivity index (χ4v) is 3.08. The molecule has 0 saturated carbocycles. The number of aromatic nitrogens is 2. The molecule has 1 amide bonds. The quantitative estimate of drug-likeness (QED) is 0.936. The topological polar surface area (TPSA) is 49.6 Å². The zero-order valence-corrected chi connectivity index (χ0v) is 12.9. The standard InChI is InChI=1S/C14H17BrN4O/c1-18-5-4-10(8-18)6-14(20)17-11-2-3-13-16-7-12(15)19(13)9-11/h2-3,7,9-10H,4-6,8H2,1H3,(H,17,20). The van der Waals surface area contributed by atoms with Crippen LogP contribution in [0.25, 0.3) is 5.65 Å². The van der Waals surface area contributed by atoms with Crippen LogP contribution in [0.4, 0.5) is 5.69 Å². The van der Waals surface area contributed by atoms with E-state index in [1.165, 1.54) is 0 Å². The number of amides is 1. The molecular weight excluding hydrogens is 320 g/mol. The summed E-state index contributed by atoms with van der Waals surface area (Å²) >= 11 is 3.43. The Morgan fingerprint density at radius 1 is 1.55 bits per heavy atom. The van der Waals surface area contributed by atoms with Gasteiger partial charge >= 0.3 is 0 Å². The van der Waals surface area contributed by atoms with E-state index in [0.717, 1.165) is 35.4 Å². The van der Waals surface area contributed by atoms with Crippen LogP contribution in [0.5, 0.6) is 0 Å². The Labute approximate surface area is 126 Å². The van der Waals surface area contributed by atoms with Gasteiger partial charge in [0.15, 0.2) is 0 Å². The third-order valence-corrected chi connectivity index (χ3v) is 4.29. The molecule has 20 heavy (non-hydrogen) atoms. The van der Waals surface area contributed by atoms with Gasteiger partial charge in [-0.05, 0) is 54.0 Å². The van der Waals surface area contributed by atoms with Gasteiger partial charge in [0.1, 0.15) is 10.3 Å². The van der Waals surface area contributed by atoms with Crippen LogP contribution in [0, 0.1) is 5.92 Å². The number of carbonyl (C=O) groups excluding carboxylic acids is 1. The Morgan fingerprint density at radius 2 is 2.40 bits per heavy atom. The minimum Gasteiger partial charge on any atom is -0.325 e. The number of carbonyl (C=O) groups is 1. The number of hydrogen-bond acceptors (Lipinski definition) is 3. The van der Waals surface area contributed by atoms with Gasteiger partial charge in [-0.1, -0.05) is 0 Å². The number of imidazole rings is 1. The van der Waals surface area contributed by atoms with Crippen LogP contribution < -0.4 is 5.32 Å². The molecule has 2 aromatic rings. The van der Waals surface area contributed by atoms with Crippen LogP contribution in [0.1, 0.15) is 12.8 Å². The predicted molar refractivity (Wildman–Crippen MR) is 81.7 cm³/mol. The Bertz CT molecular complexity index is 639. The summed E-state index contributed by atoms with van der Waals surface area (Å²) in [7, 11) is 2.10. The third kappa shape index (κ3) is 2.86. The Balaban J connectivity index is 1.66. The van der Waals surface area contributed by atoms with E-state index in [4.69, 9.17) is 0 Å². The highest BCUT2D eigenvalue weighted by Crippen LogP contribution is 2.20. The number of likely N-dealkylation sites (tertiary alicyclic amines) is 1. The second-order valence-electron chi connectivity index (χ2n) is 5.40. The van der Waals surface area contributed by atoms with Crippen molar-refractivity contribution < 1.29 is 4.79 Å². The van der Waals surface area contributed by atoms with Crippen molar-refractivity contribution in [1.29, 1.82) is 0 Å². The lowest BCUT2D eigenvalue weighted by Crippen LogP contribution is -2.19. The molecule has 6 heteroatoms. The molecule has 0 bridgehead atoms. The van der Waals surface area contributed by atoms with Gasteiger partial charge in [0.2, 0.25) is 5.91 Å². The molecule has 1 atom stereocenters. The molecule has 0 aromatic carbocycles. The van der Waals surface area contributed by atoms with Crippen LogP contribution in [0.15, 0.2) is 29.1 Å². The third-order valence-electron chi connectivity index (χ3n) is 3.71. The average Bonchev–Trinajstić information content (AvgIpc) is 2.97. The van der Waals surface area contributed by atoms with Crippen molar-refractivity contribution in [3.8, 4) is 0 Å². The fourth-order valence-electron chi connectivity index (χ4n) is 2.69. The predicted octanol–water partition coefficient (Wildman–Crippen LogP) is 2.38. The second-order valence-corrected chi connectivity index (χ2v) is 6.21. The van der Waals surface area contributed by atoms with Gasteiger partial charge in [0.25, 0.3) is 0 Å². The Morgan fingerprint density at radius 3 is 3.15 bits per heavy atom. The van der Waals surface area contributed by atoms with E-state index in [0.29, 0.717) is 12.3 Å². The maximum absolute atomic E-state index is 12.1. The molecule has 1 fully saturated rings. The molecule has 106 valence electrons. The first kappa shape index (κ1) is 13.6. The summed E-state index contributed by atoms with van der Waals surface area (Å²) in [5.74, 6) is 0.560. The van der Waals surface area contributed by atoms with Gasteiger partial charge in [-0.2, -0.15) is 0 Å². The molecule has 0 aliphatic carbocycles. The molecule has 2 aromatic heterocycles. The van der Waals surface area contributed by atoms with Crippen molar-refractivity contribution in [3.05, 3.63) is 29.1 Å². The summed E-state index contributed by atoms with van der Waals surface area (Å²) < 4.78 is 2.78. The Hall–Kier alpha value is -1.40. The van der Waals surface area contributed by atoms with Crippen LogP contribution in [0.3, 0.4) is 0 Å². The molecule has 1 aliphatic rings. The molecule has 1 unspecified atom stereocenters. The summed E-state index contributed by atoms with van der Waals surface area (Å²) in [6, 6.07) is 3.77. The van der Waals surface area contributed by atoms with Gasteiger partial charge in [0, 0.05) is 19.2 Å². The zero-order chi connectivity index (χ0) is 14.1. The second kappa shape index (κ2) is 5.54. The van der Waals surface area contributed by atoms with Crippen molar-refractivity contribution in [2.45, 2.75) is 12.8 Å². The monoisotopic (exact) mass is 336 g/mol. The van der Waals surface area contributed by atoms with Crippen LogP contribution in [-0.4, -0.2) is 40.3 Å². The van der Waals surface area contributed by atoms with E-state index >= 15 is 0 Å². The smallest absolute Gasteiger partial charge is 0.224 e. The molecule has 1 aliphatic heterocycles. The van der Waals surface area contributed by atoms with E-state index in [1.807, 2.05) is 22.7 Å². The van der Waals surface area contributed by atoms with E-state index < -0.39 is 0 Å². The van der Waals surface area contributed by atoms with Crippen LogP contribution >= 0.6 is 15.9 Å². The maximum Gasteiger partial charge on any atom is 0.224 e. The van der Waals surface area contributed by atoms with Gasteiger partial charge in [-0.25, -0.2) is 4.98 Å². The summed E-state index contributed by atoms with van der Waals surface area (Å²) in [5, 5.41) is 2.97. The highest BCUT2D eigenvalue weighted by Gasteiger charge is 2.22. The first-order valence-corrected chi connectivity index (χ1v) is 7.52. The number of halogens is 1. The van der Waals surface area contributed by atoms with Gasteiger partial charge in [-0.15, -0.1) is 0 Å². The highest BCUT2D eigenvalue weighted by molar-refractivity contribution is 9.10. The lowest BCUT2D eigenvalue weighted by molar-refractivity contribution is -0.117. The number of rotatable bonds is 3. The lowest BCUT2D eigenvalue weighted by Gasteiger charge is -2.11. The highest BCUT2D eigenvalue weighted by atomic mass is 79.9. The summed E-state index contributed by atoms with van der Waals surface area (Å²) in [5.41, 5.74) is 1.65. The maximum atomic E-state index is 12.1. The van der Waals surface area contributed by atoms with E-state index in [-0.39, 0.29) is 5.91 Å². The number of anilines is 1. The molecule has 5 nitrogen and oxygen atoms in total. The molecule has 3 rings (SSSR count). The zero-order valence-electron chi connectivity index (χ0n) is 11.3. The van der Waals surface area contributed by atoms with Crippen molar-refractivity contribution in [3.63, 3.8) is 0 Å². The number of nitrogens with zero attached hydrogens (tertiary/aromatic N) is 3. The number of hydrogen-bond donors (Lipinski definition) is 1.